The van der Waals surface area contributed by atoms with Gasteiger partial charge >= 0.3 is 0 Å². The SMILES string of the molecule is CCCCCCCCCCCCCCCCC(Cc1ccccc1)C(P)(Cc1ccccc1)Cc1ccccc1.I. The lowest BCUT2D eigenvalue weighted by atomic mass is 9.75. The van der Waals surface area contributed by atoms with Gasteiger partial charge in [0.1, 0.15) is 0 Å². The lowest BCUT2D eigenvalue weighted by molar-refractivity contribution is 0.330. The van der Waals surface area contributed by atoms with Crippen molar-refractivity contribution in [3.05, 3.63) is 108 Å². The van der Waals surface area contributed by atoms with Gasteiger partial charge in [0.05, 0.1) is 0 Å². The summed E-state index contributed by atoms with van der Waals surface area (Å²) in [7, 11) is 3.40. The Balaban J connectivity index is 0.00000588. The van der Waals surface area contributed by atoms with E-state index in [0.29, 0.717) is 5.92 Å². The van der Waals surface area contributed by atoms with Gasteiger partial charge in [-0.2, -0.15) is 0 Å². The molecule has 0 radical (unpaired) electrons. The Labute approximate surface area is 273 Å². The van der Waals surface area contributed by atoms with Crippen molar-refractivity contribution in [2.24, 2.45) is 5.92 Å². The molecule has 226 valence electrons. The zero-order valence-corrected chi connectivity index (χ0v) is 29.4. The van der Waals surface area contributed by atoms with Crippen LogP contribution in [-0.4, -0.2) is 5.16 Å². The molecule has 0 nitrogen and oxygen atoms in total. The van der Waals surface area contributed by atoms with E-state index in [0.717, 1.165) is 19.3 Å². The maximum absolute atomic E-state index is 3.40. The Bertz CT molecular complexity index is 946. The molecule has 0 heterocycles. The maximum Gasteiger partial charge on any atom is -0.00385 e. The van der Waals surface area contributed by atoms with E-state index in [2.05, 4.69) is 107 Å². The summed E-state index contributed by atoms with van der Waals surface area (Å²) in [6.07, 6.45) is 24.5. The van der Waals surface area contributed by atoms with Crippen LogP contribution in [0.4, 0.5) is 0 Å². The van der Waals surface area contributed by atoms with Gasteiger partial charge in [-0.15, -0.1) is 33.2 Å². The molecule has 0 fully saturated rings. The van der Waals surface area contributed by atoms with Crippen LogP contribution in [0.3, 0.4) is 0 Å². The van der Waals surface area contributed by atoms with Crippen LogP contribution in [-0.2, 0) is 19.3 Å². The number of halogens is 1. The molecule has 2 atom stereocenters. The molecule has 0 aromatic heterocycles. The molecule has 41 heavy (non-hydrogen) atoms. The minimum atomic E-state index is 0. The van der Waals surface area contributed by atoms with Gasteiger partial charge in [-0.05, 0) is 53.4 Å². The third-order valence-corrected chi connectivity index (χ3v) is 9.68. The summed E-state index contributed by atoms with van der Waals surface area (Å²) in [5, 5.41) is 0.134. The van der Waals surface area contributed by atoms with Crippen LogP contribution in [0, 0.1) is 5.92 Å². The van der Waals surface area contributed by atoms with Crippen molar-refractivity contribution in [1.29, 1.82) is 0 Å². The zero-order chi connectivity index (χ0) is 28.1. The Morgan fingerprint density at radius 2 is 0.829 bits per heavy atom. The highest BCUT2D eigenvalue weighted by atomic mass is 127. The Morgan fingerprint density at radius 1 is 0.488 bits per heavy atom. The summed E-state index contributed by atoms with van der Waals surface area (Å²) < 4.78 is 0. The zero-order valence-electron chi connectivity index (χ0n) is 26.0. The summed E-state index contributed by atoms with van der Waals surface area (Å²) in [6, 6.07) is 33.5. The third kappa shape index (κ3) is 15.2. The molecule has 0 spiro atoms. The van der Waals surface area contributed by atoms with E-state index < -0.39 is 0 Å². The number of rotatable bonds is 22. The average molecular weight is 685 g/mol. The van der Waals surface area contributed by atoms with Gasteiger partial charge in [-0.3, -0.25) is 0 Å². The highest BCUT2D eigenvalue weighted by molar-refractivity contribution is 14.0. The summed E-state index contributed by atoms with van der Waals surface area (Å²) >= 11 is 0. The van der Waals surface area contributed by atoms with Gasteiger partial charge in [0.25, 0.3) is 0 Å². The largest absolute Gasteiger partial charge is 0.130 e. The fourth-order valence-corrected chi connectivity index (χ4v) is 7.14. The van der Waals surface area contributed by atoms with E-state index in [4.69, 9.17) is 0 Å². The maximum atomic E-state index is 3.40. The number of hydrogen-bond acceptors (Lipinski definition) is 0. The van der Waals surface area contributed by atoms with E-state index in [1.165, 1.54) is 113 Å². The second-order valence-electron chi connectivity index (χ2n) is 12.3. The lowest BCUT2D eigenvalue weighted by Crippen LogP contribution is -2.38. The first-order chi connectivity index (χ1) is 19.7. The molecule has 0 N–H and O–H groups in total. The molecule has 2 unspecified atom stereocenters. The van der Waals surface area contributed by atoms with Crippen LogP contribution in [0.25, 0.3) is 0 Å². The van der Waals surface area contributed by atoms with Gasteiger partial charge in [-0.1, -0.05) is 188 Å². The van der Waals surface area contributed by atoms with Crippen molar-refractivity contribution in [2.75, 3.05) is 0 Å². The lowest BCUT2D eigenvalue weighted by Gasteiger charge is -2.39. The standard InChI is InChI=1S/C39H57P.HI/c1-2-3-4-5-6-7-8-9-10-11-12-13-14-24-31-38(32-35-25-18-15-19-26-35)39(40,33-36-27-20-16-21-28-36)34-37-29-22-17-23-30-37;/h15-23,25-30,38H,2-14,24,31-34,40H2,1H3;1H. The van der Waals surface area contributed by atoms with E-state index in [9.17, 15) is 0 Å². The fraction of sp³-hybridized carbons (Fsp3) is 0.538. The summed E-state index contributed by atoms with van der Waals surface area (Å²) in [6.45, 7) is 2.30. The minimum absolute atomic E-state index is 0. The summed E-state index contributed by atoms with van der Waals surface area (Å²) in [5.41, 5.74) is 4.38. The molecular weight excluding hydrogens is 626 g/mol. The van der Waals surface area contributed by atoms with Crippen LogP contribution < -0.4 is 0 Å². The predicted molar refractivity (Wildman–Crippen MR) is 197 cm³/mol. The van der Waals surface area contributed by atoms with Crippen molar-refractivity contribution in [2.45, 2.75) is 128 Å². The van der Waals surface area contributed by atoms with E-state index >= 15 is 0 Å². The molecule has 3 aromatic carbocycles. The predicted octanol–water partition coefficient (Wildman–Crippen LogP) is 12.4. The Kier molecular flexibility index (Phi) is 19.7. The van der Waals surface area contributed by atoms with Crippen LogP contribution in [0.5, 0.6) is 0 Å². The van der Waals surface area contributed by atoms with Crippen LogP contribution in [0.1, 0.15) is 120 Å². The third-order valence-electron chi connectivity index (χ3n) is 8.80. The smallest absolute Gasteiger partial charge is 0.00385 e. The molecule has 0 aliphatic heterocycles. The highest BCUT2D eigenvalue weighted by Gasteiger charge is 2.34. The molecule has 3 rings (SSSR count). The van der Waals surface area contributed by atoms with E-state index in [1.54, 1.807) is 0 Å². The van der Waals surface area contributed by atoms with Crippen molar-refractivity contribution in [3.8, 4) is 0 Å². The average Bonchev–Trinajstić information content (AvgIpc) is 2.98. The summed E-state index contributed by atoms with van der Waals surface area (Å²) in [4.78, 5) is 0. The highest BCUT2D eigenvalue weighted by Crippen LogP contribution is 2.40. The monoisotopic (exact) mass is 684 g/mol. The van der Waals surface area contributed by atoms with Gasteiger partial charge in [-0.25, -0.2) is 0 Å². The Hall–Kier alpha value is -1.18. The molecule has 2 heteroatoms. The van der Waals surface area contributed by atoms with Crippen molar-refractivity contribution >= 4 is 33.2 Å². The van der Waals surface area contributed by atoms with Crippen LogP contribution >= 0.6 is 33.2 Å². The van der Waals surface area contributed by atoms with Gasteiger partial charge in [0, 0.05) is 0 Å². The van der Waals surface area contributed by atoms with Crippen molar-refractivity contribution < 1.29 is 0 Å². The first kappa shape index (κ1) is 36.0. The van der Waals surface area contributed by atoms with Crippen LogP contribution in [0.2, 0.25) is 0 Å². The van der Waals surface area contributed by atoms with Gasteiger partial charge in [0.15, 0.2) is 0 Å². The molecular formula is C39H58IP. The van der Waals surface area contributed by atoms with Crippen LogP contribution in [0.15, 0.2) is 91.0 Å². The number of unbranched alkanes of at least 4 members (excludes halogenated alkanes) is 13. The molecule has 0 saturated carbocycles. The molecule has 0 aliphatic carbocycles. The molecule has 0 saturated heterocycles. The normalized spacial score (nSPS) is 12.1. The molecule has 0 bridgehead atoms. The number of benzene rings is 3. The molecule has 3 aromatic rings. The van der Waals surface area contributed by atoms with Crippen molar-refractivity contribution in [1.82, 2.24) is 0 Å². The first-order valence-electron chi connectivity index (χ1n) is 16.6. The minimum Gasteiger partial charge on any atom is -0.130 e. The first-order valence-corrected chi connectivity index (χ1v) is 17.2. The molecule has 0 amide bonds. The fourth-order valence-electron chi connectivity index (χ4n) is 6.38. The second kappa shape index (κ2) is 22.4. The van der Waals surface area contributed by atoms with Gasteiger partial charge in [0.2, 0.25) is 0 Å². The molecule has 0 aliphatic rings. The second-order valence-corrected chi connectivity index (χ2v) is 13.5. The van der Waals surface area contributed by atoms with E-state index in [-0.39, 0.29) is 29.1 Å². The van der Waals surface area contributed by atoms with Gasteiger partial charge < -0.3 is 0 Å². The number of hydrogen-bond donors (Lipinski definition) is 0. The Morgan fingerprint density at radius 3 is 1.22 bits per heavy atom. The quantitative estimate of drug-likeness (QED) is 0.0561. The topological polar surface area (TPSA) is 0 Å². The van der Waals surface area contributed by atoms with E-state index in [1.807, 2.05) is 0 Å². The van der Waals surface area contributed by atoms with Crippen molar-refractivity contribution in [3.63, 3.8) is 0 Å². The summed E-state index contributed by atoms with van der Waals surface area (Å²) in [5.74, 6) is 0.623.